The zero-order valence-corrected chi connectivity index (χ0v) is 10.4. The summed E-state index contributed by atoms with van der Waals surface area (Å²) in [4.78, 5) is 4.78. The predicted octanol–water partition coefficient (Wildman–Crippen LogP) is 0.598. The quantitative estimate of drug-likeness (QED) is 0.805. The third-order valence-corrected chi connectivity index (χ3v) is 3.37. The van der Waals surface area contributed by atoms with Crippen LogP contribution in [0.25, 0.3) is 0 Å². The van der Waals surface area contributed by atoms with Crippen molar-refractivity contribution in [1.29, 1.82) is 0 Å². The monoisotopic (exact) mass is 235 g/mol. The first-order valence-corrected chi connectivity index (χ1v) is 6.11. The van der Waals surface area contributed by atoms with Gasteiger partial charge in [-0.3, -0.25) is 4.90 Å². The largest absolute Gasteiger partial charge is 0.508 e. The van der Waals surface area contributed by atoms with E-state index in [-0.39, 0.29) is 0 Å². The number of phenols is 1. The van der Waals surface area contributed by atoms with Gasteiger partial charge in [-0.1, -0.05) is 6.07 Å². The normalized spacial score (nSPS) is 18.5. The van der Waals surface area contributed by atoms with Gasteiger partial charge in [-0.15, -0.1) is 0 Å². The molecule has 2 rings (SSSR count). The second-order valence-corrected chi connectivity index (χ2v) is 4.75. The molecule has 0 spiro atoms. The molecule has 1 aliphatic heterocycles. The van der Waals surface area contributed by atoms with Crippen molar-refractivity contribution in [3.8, 4) is 5.75 Å². The molecule has 0 bridgehead atoms. The number of nitrogens with two attached hydrogens (primary N) is 1. The average Bonchev–Trinajstić information content (AvgIpc) is 2.34. The molecule has 0 aromatic heterocycles. The van der Waals surface area contributed by atoms with Gasteiger partial charge in [0.2, 0.25) is 0 Å². The zero-order chi connectivity index (χ0) is 12.3. The maximum atomic E-state index is 9.58. The Balaban J connectivity index is 1.99. The van der Waals surface area contributed by atoms with Crippen LogP contribution in [0, 0.1) is 0 Å². The van der Waals surface area contributed by atoms with Crippen molar-refractivity contribution in [1.82, 2.24) is 9.80 Å². The summed E-state index contributed by atoms with van der Waals surface area (Å²) >= 11 is 0. The molecule has 1 fully saturated rings. The number of benzene rings is 1. The van der Waals surface area contributed by atoms with Crippen molar-refractivity contribution in [2.24, 2.45) is 5.73 Å². The highest BCUT2D eigenvalue weighted by atomic mass is 16.3. The van der Waals surface area contributed by atoms with Crippen LogP contribution in [-0.2, 0) is 13.1 Å². The van der Waals surface area contributed by atoms with E-state index in [1.807, 2.05) is 12.1 Å². The van der Waals surface area contributed by atoms with Crippen molar-refractivity contribution >= 4 is 0 Å². The molecule has 0 aliphatic carbocycles. The number of hydrogen-bond acceptors (Lipinski definition) is 4. The Morgan fingerprint density at radius 2 is 1.94 bits per heavy atom. The van der Waals surface area contributed by atoms with Crippen LogP contribution in [-0.4, -0.2) is 48.1 Å². The first-order chi connectivity index (χ1) is 8.19. The van der Waals surface area contributed by atoms with Gasteiger partial charge in [-0.25, -0.2) is 0 Å². The first-order valence-electron chi connectivity index (χ1n) is 6.11. The van der Waals surface area contributed by atoms with E-state index in [9.17, 15) is 5.11 Å². The number of phenolic OH excluding ortho intramolecular Hbond substituents is 1. The number of piperazine rings is 1. The molecule has 3 N–H and O–H groups in total. The Bertz CT molecular complexity index is 373. The van der Waals surface area contributed by atoms with Crippen LogP contribution in [0.1, 0.15) is 11.1 Å². The highest BCUT2D eigenvalue weighted by Crippen LogP contribution is 2.19. The van der Waals surface area contributed by atoms with E-state index in [2.05, 4.69) is 16.8 Å². The smallest absolute Gasteiger partial charge is 0.120 e. The van der Waals surface area contributed by atoms with Gasteiger partial charge in [0.1, 0.15) is 5.75 Å². The molecule has 0 unspecified atom stereocenters. The first kappa shape index (κ1) is 12.4. The maximum absolute atomic E-state index is 9.58. The molecule has 1 saturated heterocycles. The maximum Gasteiger partial charge on any atom is 0.120 e. The Morgan fingerprint density at radius 1 is 1.24 bits per heavy atom. The van der Waals surface area contributed by atoms with Crippen molar-refractivity contribution in [2.45, 2.75) is 13.1 Å². The molecular weight excluding hydrogens is 214 g/mol. The number of nitrogens with zero attached hydrogens (tertiary/aromatic N) is 2. The number of likely N-dealkylation sites (N-methyl/N-ethyl adjacent to an activating group) is 1. The Morgan fingerprint density at radius 3 is 2.59 bits per heavy atom. The van der Waals surface area contributed by atoms with Crippen molar-refractivity contribution in [3.05, 3.63) is 29.3 Å². The summed E-state index contributed by atoms with van der Waals surface area (Å²) in [6.45, 7) is 5.80. The summed E-state index contributed by atoms with van der Waals surface area (Å²) in [5, 5.41) is 9.58. The Labute approximate surface area is 103 Å². The molecule has 1 aromatic carbocycles. The summed E-state index contributed by atoms with van der Waals surface area (Å²) in [6.07, 6.45) is 0. The van der Waals surface area contributed by atoms with Crippen LogP contribution in [0.4, 0.5) is 0 Å². The van der Waals surface area contributed by atoms with E-state index >= 15 is 0 Å². The van der Waals surface area contributed by atoms with Crippen molar-refractivity contribution < 1.29 is 5.11 Å². The van der Waals surface area contributed by atoms with Gasteiger partial charge < -0.3 is 15.7 Å². The van der Waals surface area contributed by atoms with Gasteiger partial charge in [0.05, 0.1) is 0 Å². The van der Waals surface area contributed by atoms with E-state index in [0.717, 1.165) is 38.3 Å². The SMILES string of the molecule is CN1CCN(Cc2ccc(O)c(CN)c2)CC1. The predicted molar refractivity (Wildman–Crippen MR) is 68.8 cm³/mol. The fourth-order valence-electron chi connectivity index (χ4n) is 2.16. The van der Waals surface area contributed by atoms with Crippen molar-refractivity contribution in [3.63, 3.8) is 0 Å². The van der Waals surface area contributed by atoms with E-state index in [1.165, 1.54) is 5.56 Å². The van der Waals surface area contributed by atoms with Gasteiger partial charge in [-0.05, 0) is 24.7 Å². The number of aromatic hydroxyl groups is 1. The third kappa shape index (κ3) is 3.19. The third-order valence-electron chi connectivity index (χ3n) is 3.37. The number of rotatable bonds is 3. The summed E-state index contributed by atoms with van der Waals surface area (Å²) in [7, 11) is 2.16. The zero-order valence-electron chi connectivity index (χ0n) is 10.4. The van der Waals surface area contributed by atoms with Crippen molar-refractivity contribution in [2.75, 3.05) is 33.2 Å². The topological polar surface area (TPSA) is 52.7 Å². The van der Waals surface area contributed by atoms with Crippen LogP contribution >= 0.6 is 0 Å². The van der Waals surface area contributed by atoms with Gasteiger partial charge in [-0.2, -0.15) is 0 Å². The molecular formula is C13H21N3O. The fourth-order valence-corrected chi connectivity index (χ4v) is 2.16. The van der Waals surface area contributed by atoms with Crippen LogP contribution in [0.2, 0.25) is 0 Å². The molecule has 0 amide bonds. The second kappa shape index (κ2) is 5.49. The molecule has 0 atom stereocenters. The molecule has 94 valence electrons. The van der Waals surface area contributed by atoms with Gasteiger partial charge in [0.25, 0.3) is 0 Å². The molecule has 4 heteroatoms. The highest BCUT2D eigenvalue weighted by Gasteiger charge is 2.14. The minimum absolute atomic E-state index is 0.301. The summed E-state index contributed by atoms with van der Waals surface area (Å²) in [6, 6.07) is 5.73. The number of hydrogen-bond donors (Lipinski definition) is 2. The van der Waals surface area contributed by atoms with Gasteiger partial charge in [0, 0.05) is 44.8 Å². The lowest BCUT2D eigenvalue weighted by Crippen LogP contribution is -2.43. The van der Waals surface area contributed by atoms with E-state index < -0.39 is 0 Å². The molecule has 0 radical (unpaired) electrons. The van der Waals surface area contributed by atoms with Crippen LogP contribution in [0.3, 0.4) is 0 Å². The minimum Gasteiger partial charge on any atom is -0.508 e. The van der Waals surface area contributed by atoms with Crippen LogP contribution < -0.4 is 5.73 Å². The van der Waals surface area contributed by atoms with E-state index in [1.54, 1.807) is 6.07 Å². The average molecular weight is 235 g/mol. The summed E-state index contributed by atoms with van der Waals surface area (Å²) in [5.41, 5.74) is 7.65. The minimum atomic E-state index is 0.301. The molecule has 1 aliphatic rings. The van der Waals surface area contributed by atoms with Crippen LogP contribution in [0.15, 0.2) is 18.2 Å². The lowest BCUT2D eigenvalue weighted by molar-refractivity contribution is 0.148. The standard InChI is InChI=1S/C13H21N3O/c1-15-4-6-16(7-5-15)10-11-2-3-13(17)12(8-11)9-14/h2-3,8,17H,4-7,9-10,14H2,1H3. The van der Waals surface area contributed by atoms with E-state index in [4.69, 9.17) is 5.73 Å². The fraction of sp³-hybridized carbons (Fsp3) is 0.538. The molecule has 1 heterocycles. The molecule has 0 saturated carbocycles. The Hall–Kier alpha value is -1.10. The van der Waals surface area contributed by atoms with Gasteiger partial charge in [0.15, 0.2) is 0 Å². The lowest BCUT2D eigenvalue weighted by Gasteiger charge is -2.32. The molecule has 1 aromatic rings. The van der Waals surface area contributed by atoms with E-state index in [0.29, 0.717) is 12.3 Å². The molecule has 17 heavy (non-hydrogen) atoms. The van der Waals surface area contributed by atoms with Crippen LogP contribution in [0.5, 0.6) is 5.75 Å². The molecule has 4 nitrogen and oxygen atoms in total. The highest BCUT2D eigenvalue weighted by molar-refractivity contribution is 5.36. The summed E-state index contributed by atoms with van der Waals surface area (Å²) in [5.74, 6) is 0.301. The summed E-state index contributed by atoms with van der Waals surface area (Å²) < 4.78 is 0. The lowest BCUT2D eigenvalue weighted by atomic mass is 10.1. The Kier molecular flexibility index (Phi) is 3.99. The second-order valence-electron chi connectivity index (χ2n) is 4.75. The van der Waals surface area contributed by atoms with Gasteiger partial charge >= 0.3 is 0 Å².